The van der Waals surface area contributed by atoms with Gasteiger partial charge in [0.25, 0.3) is 0 Å². The van der Waals surface area contributed by atoms with Crippen molar-refractivity contribution < 1.29 is 53.2 Å². The predicted octanol–water partition coefficient (Wildman–Crippen LogP) is 12.0. The van der Waals surface area contributed by atoms with Crippen molar-refractivity contribution in [2.75, 3.05) is 43.7 Å². The van der Waals surface area contributed by atoms with Gasteiger partial charge in [-0.25, -0.2) is 18.5 Å². The van der Waals surface area contributed by atoms with Crippen molar-refractivity contribution in [2.45, 2.75) is 154 Å². The zero-order chi connectivity index (χ0) is 62.0. The van der Waals surface area contributed by atoms with Crippen LogP contribution in [0.25, 0.3) is 23.5 Å². The molecule has 0 saturated heterocycles. The molecule has 19 heteroatoms. The number of benzene rings is 2. The van der Waals surface area contributed by atoms with E-state index in [1.807, 2.05) is 90.4 Å². The second-order valence-corrected chi connectivity index (χ2v) is 30.4. The molecule has 8 aliphatic carbocycles. The van der Waals surface area contributed by atoms with E-state index in [4.69, 9.17) is 19.7 Å². The number of esters is 1. The Hall–Kier alpha value is -4.34. The quantitative estimate of drug-likeness (QED) is 0.0317. The number of aliphatic hydroxyl groups is 3. The highest BCUT2D eigenvalue weighted by Crippen LogP contribution is 2.70. The SMILES string of the molecule is COCC(=O)O[C@]1(C(=O)SCF)CC[C@H]2[C@@H]3CCC4=Cc5c(cnn5-c5cccc(C(=O)CCCSC)c5)C[C@]4(C)[C@H]3[C@@H](O)C[C@@]21C.CSCCCC(=O)c1cccc(-n2ncc3c2C=C2CC[C@@H]4[C@H]([C@@H](O)C[C@@]5(C)[C@H]4CC[C@]5(O)C(=O)S)[C@@]2(C)C3)c1. The van der Waals surface area contributed by atoms with Gasteiger partial charge in [0.2, 0.25) is 10.2 Å². The van der Waals surface area contributed by atoms with Gasteiger partial charge in [-0.05, 0) is 220 Å². The highest BCUT2D eigenvalue weighted by Gasteiger charge is 2.72. The van der Waals surface area contributed by atoms with Gasteiger partial charge in [-0.2, -0.15) is 33.7 Å². The number of aliphatic hydroxyl groups excluding tert-OH is 2. The largest absolute Gasteiger partial charge is 0.448 e. The zero-order valence-electron chi connectivity index (χ0n) is 51.2. The molecule has 0 unspecified atom stereocenters. The van der Waals surface area contributed by atoms with Crippen LogP contribution in [0.5, 0.6) is 0 Å². The van der Waals surface area contributed by atoms with Gasteiger partial charge in [0.1, 0.15) is 18.2 Å². The number of ether oxygens (including phenoxy) is 2. The maximum Gasteiger partial charge on any atom is 0.333 e. The third-order valence-electron chi connectivity index (χ3n) is 22.9. The Balaban J connectivity index is 0.000000182. The molecule has 0 spiro atoms. The first-order valence-corrected chi connectivity index (χ1v) is 35.3. The van der Waals surface area contributed by atoms with Crippen LogP contribution < -0.4 is 0 Å². The number of hydrogen-bond donors (Lipinski definition) is 4. The van der Waals surface area contributed by atoms with Gasteiger partial charge in [-0.15, -0.1) is 12.6 Å². The van der Waals surface area contributed by atoms with Gasteiger partial charge < -0.3 is 24.8 Å². The van der Waals surface area contributed by atoms with E-state index < -0.39 is 56.4 Å². The zero-order valence-corrected chi connectivity index (χ0v) is 54.6. The van der Waals surface area contributed by atoms with Crippen molar-refractivity contribution in [2.24, 2.45) is 57.2 Å². The number of carbonyl (C=O) groups excluding carboxylic acids is 5. The summed E-state index contributed by atoms with van der Waals surface area (Å²) in [7, 11) is 1.39. The molecule has 14 atom stereocenters. The first kappa shape index (κ1) is 64.2. The summed E-state index contributed by atoms with van der Waals surface area (Å²) in [5.41, 5.74) is 5.06. The van der Waals surface area contributed by atoms with Crippen molar-refractivity contribution in [1.29, 1.82) is 0 Å². The number of carbonyl (C=O) groups is 5. The summed E-state index contributed by atoms with van der Waals surface area (Å²) >= 11 is 8.13. The number of thioether (sulfide) groups is 3. The number of thiol groups is 1. The molecule has 0 radical (unpaired) electrons. The summed E-state index contributed by atoms with van der Waals surface area (Å²) in [6.07, 6.45) is 21.8. The fourth-order valence-electron chi connectivity index (χ4n) is 18.8. The Labute approximate surface area is 529 Å². The molecule has 3 N–H and O–H groups in total. The van der Waals surface area contributed by atoms with E-state index in [1.54, 1.807) is 23.5 Å². The average molecular weight is 1270 g/mol. The Morgan fingerprint density at radius 3 is 1.67 bits per heavy atom. The summed E-state index contributed by atoms with van der Waals surface area (Å²) in [6.45, 7) is 8.20. The number of methoxy groups -OCH3 is 1. The Morgan fingerprint density at radius 1 is 0.713 bits per heavy atom. The lowest BCUT2D eigenvalue weighted by molar-refractivity contribution is -0.198. The molecule has 0 aliphatic heterocycles. The second-order valence-electron chi connectivity index (χ2n) is 27.2. The number of aromatic nitrogens is 4. The molecule has 2 aromatic carbocycles. The topological polar surface area (TPSA) is 200 Å². The van der Waals surface area contributed by atoms with Crippen LogP contribution in [0.1, 0.15) is 161 Å². The predicted molar refractivity (Wildman–Crippen MR) is 344 cm³/mol. The average Bonchev–Trinajstić information content (AvgIpc) is 1.74. The number of Topliss-reactive ketones (excluding diaryl/α,β-unsaturated/α-hetero) is 2. The van der Waals surface area contributed by atoms with E-state index in [0.29, 0.717) is 62.3 Å². The Bertz CT molecular complexity index is 3400. The van der Waals surface area contributed by atoms with E-state index in [-0.39, 0.29) is 70.9 Å². The van der Waals surface area contributed by atoms with E-state index in [9.17, 15) is 43.7 Å². The van der Waals surface area contributed by atoms with Crippen molar-refractivity contribution in [3.63, 3.8) is 0 Å². The maximum atomic E-state index is 13.6. The molecule has 8 aliphatic rings. The molecular weight excluding hydrogens is 1180 g/mol. The van der Waals surface area contributed by atoms with Crippen LogP contribution in [0, 0.1) is 57.2 Å². The molecule has 468 valence electrons. The van der Waals surface area contributed by atoms with Crippen molar-refractivity contribution in [3.8, 4) is 11.4 Å². The lowest BCUT2D eigenvalue weighted by Crippen LogP contribution is -2.62. The van der Waals surface area contributed by atoms with Crippen LogP contribution in [0.3, 0.4) is 0 Å². The maximum absolute atomic E-state index is 13.6. The number of allylic oxidation sites excluding steroid dienone is 2. The first-order chi connectivity index (χ1) is 41.6. The number of nitrogens with zero attached hydrogens (tertiary/aromatic N) is 4. The van der Waals surface area contributed by atoms with Crippen molar-refractivity contribution in [3.05, 3.63) is 106 Å². The fourth-order valence-corrected chi connectivity index (χ4v) is 20.8. The normalized spacial score (nSPS) is 34.2. The minimum absolute atomic E-state index is 0.0223. The Morgan fingerprint density at radius 2 is 1.20 bits per heavy atom. The summed E-state index contributed by atoms with van der Waals surface area (Å²) in [6, 6.07) is 14.6. The van der Waals surface area contributed by atoms with E-state index in [0.717, 1.165) is 102 Å². The number of fused-ring (bicyclic) bond motifs is 12. The molecule has 2 aromatic heterocycles. The van der Waals surface area contributed by atoms with Crippen molar-refractivity contribution in [1.82, 2.24) is 19.6 Å². The van der Waals surface area contributed by atoms with Gasteiger partial charge in [0, 0.05) is 41.9 Å². The van der Waals surface area contributed by atoms with Gasteiger partial charge in [0.15, 0.2) is 17.2 Å². The number of halogens is 1. The molecule has 12 rings (SSSR count). The molecule has 4 aromatic rings. The fraction of sp³-hybridized carbons (Fsp3) is 0.603. The number of rotatable bonds is 18. The third-order valence-corrected chi connectivity index (χ3v) is 25.3. The Kier molecular flexibility index (Phi) is 18.5. The molecule has 14 nitrogen and oxygen atoms in total. The third kappa shape index (κ3) is 10.8. The minimum Gasteiger partial charge on any atom is -0.448 e. The highest BCUT2D eigenvalue weighted by molar-refractivity contribution is 8.13. The number of alkyl halides is 1. The van der Waals surface area contributed by atoms with Crippen molar-refractivity contribution >= 4 is 87.8 Å². The monoisotopic (exact) mass is 1260 g/mol. The number of hydrogen-bond acceptors (Lipinski definition) is 15. The van der Waals surface area contributed by atoms with E-state index in [2.05, 4.69) is 44.9 Å². The molecule has 0 amide bonds. The highest BCUT2D eigenvalue weighted by atomic mass is 32.2. The summed E-state index contributed by atoms with van der Waals surface area (Å²) in [5, 5.41) is 43.8. The standard InChI is InChI=1S/C36H45FN2O6S2.C32H40N2O4S2/c1-34-17-23-19-38-39(25-8-5-7-22(15-25)29(40)9-6-14-46-4)28(23)16-24(34)10-11-26-27-12-13-36(33(43)47-21-37,45-31(42)20-44-3)35(27,2)18-30(41)32(26)34;1-30-16-20-18-33-34(22-7-4-6-19(14-22)26(35)8-5-13-40-3)25(20)15-21(30)9-10-23-24-11-12-32(38,29(37)39)31(24,2)17-27(36)28(23)30/h5,7-8,15-16,19,26-27,30,32,41H,6,9-14,17-18,20-21H2,1-4H3;4,6-7,14-15,18,23-24,27-28,36,38H,5,8-13,16-17H2,1-3H3,(H,37,39)/t26-,27-,30-,32+,34-,35-,36-;23-,24-,27-,28+,30-,31-,32-/m00/s1. The molecule has 6 fully saturated rings. The summed E-state index contributed by atoms with van der Waals surface area (Å²) in [5.74, 6) is 2.13. The van der Waals surface area contributed by atoms with Gasteiger partial charge in [0.05, 0.1) is 47.4 Å². The molecule has 6 saturated carbocycles. The van der Waals surface area contributed by atoms with Crippen LogP contribution in [-0.4, -0.2) is 130 Å². The summed E-state index contributed by atoms with van der Waals surface area (Å²) < 4.78 is 28.4. The van der Waals surface area contributed by atoms with Crippen LogP contribution in [-0.2, 0) is 36.7 Å². The molecular formula is C68H85FN4O10S4. The van der Waals surface area contributed by atoms with Gasteiger partial charge in [-0.3, -0.25) is 19.2 Å². The second kappa shape index (κ2) is 25.0. The van der Waals surface area contributed by atoms with Crippen LogP contribution in [0.4, 0.5) is 4.39 Å². The molecule has 2 heterocycles. The van der Waals surface area contributed by atoms with E-state index in [1.165, 1.54) is 18.3 Å². The number of ketones is 2. The van der Waals surface area contributed by atoms with Gasteiger partial charge >= 0.3 is 5.97 Å². The van der Waals surface area contributed by atoms with Gasteiger partial charge in [-0.1, -0.05) is 63.1 Å². The lowest BCUT2D eigenvalue weighted by Gasteiger charge is -2.60. The minimum atomic E-state index is -1.52. The lowest BCUT2D eigenvalue weighted by atomic mass is 9.45. The van der Waals surface area contributed by atoms with Crippen LogP contribution >= 0.6 is 47.9 Å². The summed E-state index contributed by atoms with van der Waals surface area (Å²) in [4.78, 5) is 64.5. The first-order valence-electron chi connectivity index (χ1n) is 31.1. The molecule has 87 heavy (non-hydrogen) atoms. The van der Waals surface area contributed by atoms with E-state index >= 15 is 0 Å². The smallest absolute Gasteiger partial charge is 0.333 e. The van der Waals surface area contributed by atoms with Crippen LogP contribution in [0.2, 0.25) is 0 Å². The van der Waals surface area contributed by atoms with Crippen LogP contribution in [0.15, 0.2) is 72.1 Å². The molecule has 0 bridgehead atoms.